The summed E-state index contributed by atoms with van der Waals surface area (Å²) in [6, 6.07) is 12.8. The van der Waals surface area contributed by atoms with Crippen molar-refractivity contribution < 1.29 is 14.5 Å². The number of benzene rings is 2. The Kier molecular flexibility index (Phi) is 5.27. The maximum Gasteiger partial charge on any atom is 0.313 e. The van der Waals surface area contributed by atoms with Gasteiger partial charge in [0.05, 0.1) is 4.92 Å². The number of hydrogen-bond acceptors (Lipinski definition) is 4. The molecular weight excluding hydrogens is 322 g/mol. The second-order valence-corrected chi connectivity index (χ2v) is 4.95. The van der Waals surface area contributed by atoms with Crippen molar-refractivity contribution >= 4 is 34.8 Å². The first-order valence-corrected chi connectivity index (χ1v) is 6.92. The number of rotatable bonds is 4. The molecule has 0 aliphatic carbocycles. The van der Waals surface area contributed by atoms with Crippen LogP contribution in [0.5, 0.6) is 0 Å². The molecule has 2 amide bonds. The van der Waals surface area contributed by atoms with Gasteiger partial charge in [0.1, 0.15) is 5.02 Å². The summed E-state index contributed by atoms with van der Waals surface area (Å²) in [6.45, 7) is 0.202. The second kappa shape index (κ2) is 7.37. The molecule has 0 aromatic heterocycles. The van der Waals surface area contributed by atoms with Gasteiger partial charge in [-0.05, 0) is 17.7 Å². The van der Waals surface area contributed by atoms with Crippen molar-refractivity contribution in [1.82, 2.24) is 5.32 Å². The predicted octanol–water partition coefficient (Wildman–Crippen LogP) is 2.50. The number of nitro benzene ring substituents is 1. The molecular formula is C15H12ClN3O4. The summed E-state index contributed by atoms with van der Waals surface area (Å²) in [4.78, 5) is 33.6. The Morgan fingerprint density at radius 2 is 1.78 bits per heavy atom. The monoisotopic (exact) mass is 333 g/mol. The third kappa shape index (κ3) is 4.52. The molecule has 0 saturated carbocycles. The lowest BCUT2D eigenvalue weighted by Crippen LogP contribution is -2.34. The van der Waals surface area contributed by atoms with Crippen LogP contribution in [0.3, 0.4) is 0 Å². The van der Waals surface area contributed by atoms with E-state index in [1.54, 1.807) is 12.1 Å². The van der Waals surface area contributed by atoms with E-state index in [1.807, 2.05) is 18.2 Å². The number of anilines is 1. The average molecular weight is 334 g/mol. The summed E-state index contributed by atoms with van der Waals surface area (Å²) in [5, 5.41) is 15.5. The normalized spacial score (nSPS) is 9.96. The molecule has 0 bridgehead atoms. The largest absolute Gasteiger partial charge is 0.344 e. The van der Waals surface area contributed by atoms with E-state index in [0.29, 0.717) is 0 Å². The van der Waals surface area contributed by atoms with Crippen molar-refractivity contribution in [3.63, 3.8) is 0 Å². The van der Waals surface area contributed by atoms with Gasteiger partial charge < -0.3 is 10.6 Å². The minimum atomic E-state index is -0.919. The molecule has 0 fully saturated rings. The maximum atomic E-state index is 11.8. The van der Waals surface area contributed by atoms with Gasteiger partial charge in [-0.3, -0.25) is 19.7 Å². The SMILES string of the molecule is O=C(NCc1ccccc1)C(=O)Nc1ccc(Cl)c([N+](=O)[O-])c1. The first-order chi connectivity index (χ1) is 11.0. The van der Waals surface area contributed by atoms with Crippen molar-refractivity contribution in [2.24, 2.45) is 0 Å². The quantitative estimate of drug-likeness (QED) is 0.510. The van der Waals surface area contributed by atoms with Crippen molar-refractivity contribution in [2.45, 2.75) is 6.54 Å². The highest BCUT2D eigenvalue weighted by molar-refractivity contribution is 6.39. The van der Waals surface area contributed by atoms with E-state index in [-0.39, 0.29) is 22.9 Å². The number of nitrogens with zero attached hydrogens (tertiary/aromatic N) is 1. The van der Waals surface area contributed by atoms with E-state index < -0.39 is 16.7 Å². The van der Waals surface area contributed by atoms with Crippen LogP contribution in [0.2, 0.25) is 5.02 Å². The molecule has 23 heavy (non-hydrogen) atoms. The number of carbonyl (C=O) groups is 2. The highest BCUT2D eigenvalue weighted by atomic mass is 35.5. The van der Waals surface area contributed by atoms with E-state index in [4.69, 9.17) is 11.6 Å². The van der Waals surface area contributed by atoms with E-state index in [9.17, 15) is 19.7 Å². The highest BCUT2D eigenvalue weighted by Crippen LogP contribution is 2.27. The maximum absolute atomic E-state index is 11.8. The number of nitrogens with one attached hydrogen (secondary N) is 2. The summed E-state index contributed by atoms with van der Waals surface area (Å²) in [5.41, 5.74) is 0.603. The van der Waals surface area contributed by atoms with Crippen molar-refractivity contribution in [3.05, 3.63) is 69.2 Å². The van der Waals surface area contributed by atoms with E-state index in [1.165, 1.54) is 12.1 Å². The van der Waals surface area contributed by atoms with Gasteiger partial charge in [0.15, 0.2) is 0 Å². The molecule has 2 N–H and O–H groups in total. The second-order valence-electron chi connectivity index (χ2n) is 4.55. The Bertz CT molecular complexity index is 750. The molecule has 8 heteroatoms. The van der Waals surface area contributed by atoms with Gasteiger partial charge in [-0.2, -0.15) is 0 Å². The molecule has 0 atom stereocenters. The van der Waals surface area contributed by atoms with Gasteiger partial charge in [-0.1, -0.05) is 41.9 Å². The van der Waals surface area contributed by atoms with E-state index >= 15 is 0 Å². The summed E-state index contributed by atoms with van der Waals surface area (Å²) in [5.74, 6) is -1.76. The number of hydrogen-bond donors (Lipinski definition) is 2. The molecule has 0 heterocycles. The zero-order valence-corrected chi connectivity index (χ0v) is 12.5. The number of carbonyl (C=O) groups excluding carboxylic acids is 2. The van der Waals surface area contributed by atoms with Crippen molar-refractivity contribution in [1.29, 1.82) is 0 Å². The third-order valence-electron chi connectivity index (χ3n) is 2.90. The summed E-state index contributed by atoms with van der Waals surface area (Å²) < 4.78 is 0. The molecule has 7 nitrogen and oxygen atoms in total. The minimum absolute atomic E-state index is 0.0541. The third-order valence-corrected chi connectivity index (χ3v) is 3.22. The molecule has 2 aromatic carbocycles. The van der Waals surface area contributed by atoms with E-state index in [2.05, 4.69) is 10.6 Å². The van der Waals surface area contributed by atoms with Gasteiger partial charge in [-0.15, -0.1) is 0 Å². The number of amides is 2. The molecule has 0 spiro atoms. The molecule has 0 radical (unpaired) electrons. The molecule has 0 aliphatic heterocycles. The van der Waals surface area contributed by atoms with Crippen molar-refractivity contribution in [2.75, 3.05) is 5.32 Å². The van der Waals surface area contributed by atoms with Crippen molar-refractivity contribution in [3.8, 4) is 0 Å². The molecule has 0 saturated heterocycles. The lowest BCUT2D eigenvalue weighted by molar-refractivity contribution is -0.384. The Balaban J connectivity index is 1.97. The van der Waals surface area contributed by atoms with Crippen LogP contribution in [0.1, 0.15) is 5.56 Å². The smallest absolute Gasteiger partial charge is 0.313 e. The van der Waals surface area contributed by atoms with Crippen LogP contribution >= 0.6 is 11.6 Å². The van der Waals surface area contributed by atoms with Crippen LogP contribution in [0.15, 0.2) is 48.5 Å². The van der Waals surface area contributed by atoms with Gasteiger partial charge in [0, 0.05) is 18.3 Å². The summed E-state index contributed by atoms with van der Waals surface area (Å²) in [7, 11) is 0. The summed E-state index contributed by atoms with van der Waals surface area (Å²) >= 11 is 5.67. The van der Waals surface area contributed by atoms with E-state index in [0.717, 1.165) is 11.6 Å². The topological polar surface area (TPSA) is 101 Å². The molecule has 0 aliphatic rings. The molecule has 0 unspecified atom stereocenters. The fourth-order valence-corrected chi connectivity index (χ4v) is 1.96. The zero-order valence-electron chi connectivity index (χ0n) is 11.8. The molecule has 2 rings (SSSR count). The molecule has 118 valence electrons. The molecule has 2 aromatic rings. The fraction of sp³-hybridized carbons (Fsp3) is 0.0667. The first-order valence-electron chi connectivity index (χ1n) is 6.54. The van der Waals surface area contributed by atoms with Crippen LogP contribution in [0.4, 0.5) is 11.4 Å². The van der Waals surface area contributed by atoms with Crippen LogP contribution < -0.4 is 10.6 Å². The Morgan fingerprint density at radius 3 is 2.43 bits per heavy atom. The van der Waals surface area contributed by atoms with Gasteiger partial charge in [0.2, 0.25) is 0 Å². The highest BCUT2D eigenvalue weighted by Gasteiger charge is 2.17. The van der Waals surface area contributed by atoms with Gasteiger partial charge in [-0.25, -0.2) is 0 Å². The van der Waals surface area contributed by atoms with Crippen LogP contribution in [-0.2, 0) is 16.1 Å². The minimum Gasteiger partial charge on any atom is -0.344 e. The average Bonchev–Trinajstić information content (AvgIpc) is 2.55. The van der Waals surface area contributed by atoms with Gasteiger partial charge in [0.25, 0.3) is 5.69 Å². The standard InChI is InChI=1S/C15H12ClN3O4/c16-12-7-6-11(8-13(12)19(22)23)18-15(21)14(20)17-9-10-4-2-1-3-5-10/h1-8H,9H2,(H,17,20)(H,18,21). The Morgan fingerprint density at radius 1 is 1.09 bits per heavy atom. The number of halogens is 1. The summed E-state index contributed by atoms with van der Waals surface area (Å²) in [6.07, 6.45) is 0. The fourth-order valence-electron chi connectivity index (χ4n) is 1.78. The van der Waals surface area contributed by atoms with Crippen LogP contribution in [-0.4, -0.2) is 16.7 Å². The van der Waals surface area contributed by atoms with Crippen LogP contribution in [0.25, 0.3) is 0 Å². The van der Waals surface area contributed by atoms with Crippen LogP contribution in [0, 0.1) is 10.1 Å². The Labute approximate surface area is 136 Å². The predicted molar refractivity (Wildman–Crippen MR) is 85.0 cm³/mol. The lowest BCUT2D eigenvalue weighted by Gasteiger charge is -2.07. The first kappa shape index (κ1) is 16.4. The Hall–Kier alpha value is -2.93. The zero-order chi connectivity index (χ0) is 16.8. The van der Waals surface area contributed by atoms with Gasteiger partial charge >= 0.3 is 11.8 Å². The lowest BCUT2D eigenvalue weighted by atomic mass is 10.2. The number of nitro groups is 1.